The fourth-order valence-electron chi connectivity index (χ4n) is 2.45. The van der Waals surface area contributed by atoms with Crippen LogP contribution in [0, 0.1) is 10.1 Å². The van der Waals surface area contributed by atoms with E-state index in [0.29, 0.717) is 0 Å². The average Bonchev–Trinajstić information content (AvgIpc) is 3.28. The van der Waals surface area contributed by atoms with E-state index in [1.165, 1.54) is 48.5 Å². The summed E-state index contributed by atoms with van der Waals surface area (Å²) in [4.78, 5) is 34.8. The van der Waals surface area contributed by atoms with Crippen molar-refractivity contribution in [3.8, 4) is 0 Å². The number of carbonyl (C=O) groups excluding carboxylic acids is 2. The van der Waals surface area contributed by atoms with Gasteiger partial charge in [0.1, 0.15) is 4.21 Å². The molecular formula is C19H14N2O7S2. The minimum Gasteiger partial charge on any atom is -0.454 e. The Bertz CT molecular complexity index is 1210. The van der Waals surface area contributed by atoms with Crippen LogP contribution in [-0.2, 0) is 14.8 Å². The van der Waals surface area contributed by atoms with E-state index in [4.69, 9.17) is 4.74 Å². The molecule has 9 nitrogen and oxygen atoms in total. The Morgan fingerprint density at radius 3 is 2.53 bits per heavy atom. The van der Waals surface area contributed by atoms with Crippen molar-refractivity contribution < 1.29 is 27.7 Å². The number of nitrogens with zero attached hydrogens (tertiary/aromatic N) is 1. The lowest BCUT2D eigenvalue weighted by Gasteiger charge is -2.11. The van der Waals surface area contributed by atoms with Gasteiger partial charge in [-0.3, -0.25) is 19.6 Å². The number of non-ortho nitro benzene ring substituents is 1. The molecule has 1 N–H and O–H groups in total. The lowest BCUT2D eigenvalue weighted by Crippen LogP contribution is -2.18. The normalized spacial score (nSPS) is 10.9. The number of esters is 1. The number of benzene rings is 2. The standard InChI is InChI=1S/C19H14N2O7S2/c22-17(13-5-3-6-14(11-13)21(24)25)12-28-19(23)15-7-1-2-8-16(15)20-30(26,27)18-9-4-10-29-18/h1-11,20H,12H2. The van der Waals surface area contributed by atoms with Crippen LogP contribution in [0.4, 0.5) is 11.4 Å². The van der Waals surface area contributed by atoms with Gasteiger partial charge in [-0.15, -0.1) is 11.3 Å². The predicted octanol–water partition coefficient (Wildman–Crippen LogP) is 3.50. The third kappa shape index (κ3) is 4.88. The summed E-state index contributed by atoms with van der Waals surface area (Å²) >= 11 is 1.02. The van der Waals surface area contributed by atoms with Gasteiger partial charge in [0, 0.05) is 17.7 Å². The van der Waals surface area contributed by atoms with Gasteiger partial charge in [-0.1, -0.05) is 30.3 Å². The minimum atomic E-state index is -3.88. The molecular weight excluding hydrogens is 432 g/mol. The Morgan fingerprint density at radius 1 is 1.07 bits per heavy atom. The van der Waals surface area contributed by atoms with Gasteiger partial charge in [-0.2, -0.15) is 0 Å². The second-order valence-electron chi connectivity index (χ2n) is 5.89. The largest absolute Gasteiger partial charge is 0.454 e. The first-order valence-electron chi connectivity index (χ1n) is 8.38. The van der Waals surface area contributed by atoms with Crippen LogP contribution in [0.5, 0.6) is 0 Å². The molecule has 0 aliphatic carbocycles. The van der Waals surface area contributed by atoms with Crippen molar-refractivity contribution in [1.29, 1.82) is 0 Å². The van der Waals surface area contributed by atoms with Gasteiger partial charge in [-0.05, 0) is 23.6 Å². The SMILES string of the molecule is O=C(COC(=O)c1ccccc1NS(=O)(=O)c1cccs1)c1cccc([N+](=O)[O-])c1. The highest BCUT2D eigenvalue weighted by Gasteiger charge is 2.21. The van der Waals surface area contributed by atoms with Gasteiger partial charge in [0.2, 0.25) is 5.78 Å². The lowest BCUT2D eigenvalue weighted by molar-refractivity contribution is -0.384. The molecule has 154 valence electrons. The Morgan fingerprint density at radius 2 is 1.83 bits per heavy atom. The number of para-hydroxylation sites is 1. The van der Waals surface area contributed by atoms with E-state index in [1.54, 1.807) is 11.4 Å². The Balaban J connectivity index is 1.73. The highest BCUT2D eigenvalue weighted by Crippen LogP contribution is 2.23. The second kappa shape index (κ2) is 8.84. The van der Waals surface area contributed by atoms with Crippen LogP contribution in [0.15, 0.2) is 70.3 Å². The van der Waals surface area contributed by atoms with Gasteiger partial charge < -0.3 is 4.74 Å². The van der Waals surface area contributed by atoms with Crippen LogP contribution in [-0.4, -0.2) is 31.7 Å². The van der Waals surface area contributed by atoms with Gasteiger partial charge in [0.15, 0.2) is 6.61 Å². The van der Waals surface area contributed by atoms with E-state index in [-0.39, 0.29) is 26.7 Å². The molecule has 0 radical (unpaired) electrons. The molecule has 0 atom stereocenters. The molecule has 0 amide bonds. The molecule has 0 aliphatic rings. The highest BCUT2D eigenvalue weighted by molar-refractivity contribution is 7.94. The molecule has 0 unspecified atom stereocenters. The number of ketones is 1. The van der Waals surface area contributed by atoms with Gasteiger partial charge in [0.25, 0.3) is 15.7 Å². The van der Waals surface area contributed by atoms with Crippen molar-refractivity contribution in [1.82, 2.24) is 0 Å². The van der Waals surface area contributed by atoms with Crippen molar-refractivity contribution in [2.75, 3.05) is 11.3 Å². The Hall–Kier alpha value is -3.57. The monoisotopic (exact) mass is 446 g/mol. The Labute approximate surface area is 175 Å². The number of anilines is 1. The molecule has 1 heterocycles. The number of carbonyl (C=O) groups is 2. The zero-order valence-corrected chi connectivity index (χ0v) is 16.8. The number of hydrogen-bond acceptors (Lipinski definition) is 8. The van der Waals surface area contributed by atoms with E-state index in [2.05, 4.69) is 4.72 Å². The molecule has 0 saturated carbocycles. The number of ether oxygens (including phenoxy) is 1. The minimum absolute atomic E-state index is 0.00121. The summed E-state index contributed by atoms with van der Waals surface area (Å²) in [6.07, 6.45) is 0. The maximum Gasteiger partial charge on any atom is 0.340 e. The molecule has 0 fully saturated rings. The first-order valence-corrected chi connectivity index (χ1v) is 10.7. The number of nitrogens with one attached hydrogen (secondary N) is 1. The van der Waals surface area contributed by atoms with E-state index in [0.717, 1.165) is 17.4 Å². The van der Waals surface area contributed by atoms with Crippen LogP contribution in [0.25, 0.3) is 0 Å². The molecule has 0 bridgehead atoms. The number of sulfonamides is 1. The van der Waals surface area contributed by atoms with Gasteiger partial charge >= 0.3 is 5.97 Å². The first kappa shape index (κ1) is 21.1. The molecule has 0 saturated heterocycles. The topological polar surface area (TPSA) is 133 Å². The molecule has 0 aliphatic heterocycles. The zero-order chi connectivity index (χ0) is 21.7. The molecule has 2 aromatic carbocycles. The average molecular weight is 446 g/mol. The molecule has 3 rings (SSSR count). The number of thiophene rings is 1. The van der Waals surface area contributed by atoms with Crippen molar-refractivity contribution in [2.45, 2.75) is 4.21 Å². The van der Waals surface area contributed by atoms with Crippen LogP contribution in [0.3, 0.4) is 0 Å². The fraction of sp³-hybridized carbons (Fsp3) is 0.0526. The summed E-state index contributed by atoms with van der Waals surface area (Å²) in [7, 11) is -3.88. The van der Waals surface area contributed by atoms with Gasteiger partial charge in [-0.25, -0.2) is 13.2 Å². The van der Waals surface area contributed by atoms with E-state index >= 15 is 0 Å². The molecule has 3 aromatic rings. The molecule has 1 aromatic heterocycles. The second-order valence-corrected chi connectivity index (χ2v) is 8.75. The molecule has 0 spiro atoms. The molecule has 30 heavy (non-hydrogen) atoms. The number of nitro groups is 1. The molecule has 11 heteroatoms. The number of Topliss-reactive ketones (excluding diaryl/α,β-unsaturated/α-hetero) is 1. The van der Waals surface area contributed by atoms with Crippen LogP contribution in [0.2, 0.25) is 0 Å². The first-order chi connectivity index (χ1) is 14.3. The number of nitro benzene ring substituents is 1. The Kier molecular flexibility index (Phi) is 6.23. The zero-order valence-electron chi connectivity index (χ0n) is 15.2. The van der Waals surface area contributed by atoms with E-state index in [9.17, 15) is 28.1 Å². The summed E-state index contributed by atoms with van der Waals surface area (Å²) in [5, 5.41) is 12.4. The van der Waals surface area contributed by atoms with Crippen molar-refractivity contribution in [3.05, 3.63) is 87.3 Å². The third-order valence-electron chi connectivity index (χ3n) is 3.86. The predicted molar refractivity (Wildman–Crippen MR) is 109 cm³/mol. The van der Waals surface area contributed by atoms with Crippen LogP contribution in [0.1, 0.15) is 20.7 Å². The lowest BCUT2D eigenvalue weighted by atomic mass is 10.1. The summed E-state index contributed by atoms with van der Waals surface area (Å²) in [6, 6.07) is 13.8. The smallest absolute Gasteiger partial charge is 0.340 e. The maximum atomic E-state index is 12.4. The van der Waals surface area contributed by atoms with Crippen molar-refractivity contribution in [3.63, 3.8) is 0 Å². The van der Waals surface area contributed by atoms with E-state index in [1.807, 2.05) is 0 Å². The maximum absolute atomic E-state index is 12.4. The third-order valence-corrected chi connectivity index (χ3v) is 6.63. The number of rotatable bonds is 8. The summed E-state index contributed by atoms with van der Waals surface area (Å²) < 4.78 is 32.2. The van der Waals surface area contributed by atoms with Crippen LogP contribution >= 0.6 is 11.3 Å². The quantitative estimate of drug-likeness (QED) is 0.242. The van der Waals surface area contributed by atoms with Gasteiger partial charge in [0.05, 0.1) is 16.2 Å². The van der Waals surface area contributed by atoms with Crippen molar-refractivity contribution in [2.24, 2.45) is 0 Å². The number of hydrogen-bond donors (Lipinski definition) is 1. The highest BCUT2D eigenvalue weighted by atomic mass is 32.2. The summed E-state index contributed by atoms with van der Waals surface area (Å²) in [5.74, 6) is -1.55. The van der Waals surface area contributed by atoms with Crippen LogP contribution < -0.4 is 4.72 Å². The summed E-state index contributed by atoms with van der Waals surface area (Å²) in [5.41, 5.74) is -0.327. The van der Waals surface area contributed by atoms with E-state index < -0.39 is 33.3 Å². The fourth-order valence-corrected chi connectivity index (χ4v) is 4.52. The van der Waals surface area contributed by atoms with Crippen molar-refractivity contribution >= 4 is 44.5 Å². The summed E-state index contributed by atoms with van der Waals surface area (Å²) in [6.45, 7) is -0.661.